The first-order valence-electron chi connectivity index (χ1n) is 9.34. The van der Waals surface area contributed by atoms with E-state index in [0.29, 0.717) is 25.5 Å². The lowest BCUT2D eigenvalue weighted by atomic mass is 10.0. The van der Waals surface area contributed by atoms with Crippen LogP contribution >= 0.6 is 11.3 Å². The monoisotopic (exact) mass is 407 g/mol. The topological polar surface area (TPSA) is 104 Å². The van der Waals surface area contributed by atoms with Crippen LogP contribution in [-0.2, 0) is 13.0 Å². The predicted molar refractivity (Wildman–Crippen MR) is 110 cm³/mol. The molecule has 1 aromatic heterocycles. The third-order valence-corrected chi connectivity index (χ3v) is 4.93. The molecule has 0 spiro atoms. The first kappa shape index (κ1) is 22.1. The highest BCUT2D eigenvalue weighted by Gasteiger charge is 2.21. The molecule has 7 nitrogen and oxygen atoms in total. The summed E-state index contributed by atoms with van der Waals surface area (Å²) in [6.45, 7) is 7.61. The number of carboxylic acid groups (broad SMARTS) is 1. The number of hydrogen-bond donors (Lipinski definition) is 4. The Morgan fingerprint density at radius 3 is 2.54 bits per heavy atom. The molecule has 28 heavy (non-hydrogen) atoms. The zero-order valence-corrected chi connectivity index (χ0v) is 17.3. The Balaban J connectivity index is 1.90. The number of thiazole rings is 1. The number of nitrogens with one attached hydrogen (secondary N) is 2. The van der Waals surface area contributed by atoms with E-state index >= 15 is 0 Å². The first-order valence-corrected chi connectivity index (χ1v) is 10.2. The largest absolute Gasteiger partial charge is 0.487 e. The molecule has 0 bridgehead atoms. The zero-order valence-electron chi connectivity index (χ0n) is 16.5. The summed E-state index contributed by atoms with van der Waals surface area (Å²) in [5.41, 5.74) is 1.81. The summed E-state index contributed by atoms with van der Waals surface area (Å²) in [7, 11) is 0. The number of aliphatic hydroxyl groups excluding tert-OH is 1. The molecule has 0 radical (unpaired) electrons. The van der Waals surface area contributed by atoms with E-state index in [2.05, 4.69) is 29.5 Å². The summed E-state index contributed by atoms with van der Waals surface area (Å²) >= 11 is 1.59. The second-order valence-corrected chi connectivity index (χ2v) is 8.23. The van der Waals surface area contributed by atoms with Crippen molar-refractivity contribution in [3.05, 3.63) is 45.9 Å². The molecule has 2 aromatic rings. The van der Waals surface area contributed by atoms with Gasteiger partial charge in [-0.2, -0.15) is 0 Å². The molecule has 0 saturated carbocycles. The predicted octanol–water partition coefficient (Wildman–Crippen LogP) is 2.82. The van der Waals surface area contributed by atoms with Crippen molar-refractivity contribution >= 4 is 17.4 Å². The quantitative estimate of drug-likeness (QED) is 0.457. The maximum atomic E-state index is 11.1. The highest BCUT2D eigenvalue weighted by Crippen LogP contribution is 2.17. The van der Waals surface area contributed by atoms with Crippen LogP contribution in [0.5, 0.6) is 5.75 Å². The van der Waals surface area contributed by atoms with Gasteiger partial charge in [0.05, 0.1) is 22.8 Å². The van der Waals surface area contributed by atoms with Crippen molar-refractivity contribution in [2.75, 3.05) is 13.1 Å². The summed E-state index contributed by atoms with van der Waals surface area (Å²) in [5, 5.41) is 28.0. The van der Waals surface area contributed by atoms with Gasteiger partial charge in [-0.3, -0.25) is 0 Å². The number of carbonyl (C=O) groups is 1. The van der Waals surface area contributed by atoms with Gasteiger partial charge in [0.25, 0.3) is 0 Å². The molecule has 0 fully saturated rings. The number of amides is 1. The number of nitrogens with zero attached hydrogens (tertiary/aromatic N) is 1. The summed E-state index contributed by atoms with van der Waals surface area (Å²) in [6.07, 6.45) is -1.58. The van der Waals surface area contributed by atoms with Crippen molar-refractivity contribution in [1.29, 1.82) is 0 Å². The number of ether oxygens (including phenoxy) is 1. The fourth-order valence-electron chi connectivity index (χ4n) is 2.71. The van der Waals surface area contributed by atoms with Gasteiger partial charge in [0.15, 0.2) is 0 Å². The molecule has 0 aliphatic rings. The van der Waals surface area contributed by atoms with E-state index in [9.17, 15) is 9.90 Å². The Morgan fingerprint density at radius 2 is 1.96 bits per heavy atom. The third-order valence-electron chi connectivity index (χ3n) is 4.11. The lowest BCUT2D eigenvalue weighted by Gasteiger charge is -2.24. The smallest absolute Gasteiger partial charge is 0.404 e. The molecule has 0 aliphatic carbocycles. The average Bonchev–Trinajstić information content (AvgIpc) is 3.05. The van der Waals surface area contributed by atoms with Gasteiger partial charge in [-0.15, -0.1) is 11.3 Å². The van der Waals surface area contributed by atoms with E-state index in [1.54, 1.807) is 11.3 Å². The van der Waals surface area contributed by atoms with Crippen molar-refractivity contribution in [3.63, 3.8) is 0 Å². The number of aryl methyl sites for hydroxylation is 1. The van der Waals surface area contributed by atoms with E-state index in [-0.39, 0.29) is 0 Å². The van der Waals surface area contributed by atoms with Gasteiger partial charge in [-0.25, -0.2) is 9.78 Å². The Bertz CT molecular complexity index is 733. The van der Waals surface area contributed by atoms with Crippen molar-refractivity contribution in [2.24, 2.45) is 5.92 Å². The first-order chi connectivity index (χ1) is 13.3. The van der Waals surface area contributed by atoms with E-state index in [0.717, 1.165) is 28.6 Å². The number of benzene rings is 1. The minimum atomic E-state index is -1.15. The standard InChI is InChI=1S/C20H29N3O4S/c1-13(2)9-21-10-19(24)18(23-20(25)26)8-15-4-6-17(7-5-15)27-11-16-12-28-14(3)22-16/h4-7,12-13,18-19,21,23-24H,8-11H2,1-3H3,(H,25,26)/t18-,19-/m0/s1. The maximum absolute atomic E-state index is 11.1. The van der Waals surface area contributed by atoms with Crippen LogP contribution in [0.3, 0.4) is 0 Å². The van der Waals surface area contributed by atoms with Crippen molar-refractivity contribution < 1.29 is 19.7 Å². The second kappa shape index (κ2) is 11.0. The number of aliphatic hydroxyl groups is 1. The van der Waals surface area contributed by atoms with Crippen LogP contribution in [0.4, 0.5) is 4.79 Å². The van der Waals surface area contributed by atoms with Crippen LogP contribution < -0.4 is 15.4 Å². The average molecular weight is 408 g/mol. The van der Waals surface area contributed by atoms with Crippen LogP contribution in [0.15, 0.2) is 29.6 Å². The molecule has 0 unspecified atom stereocenters. The van der Waals surface area contributed by atoms with Gasteiger partial charge in [-0.05, 0) is 43.5 Å². The van der Waals surface area contributed by atoms with Crippen molar-refractivity contribution in [3.8, 4) is 5.75 Å². The molecule has 0 aliphatic heterocycles. The number of aromatic nitrogens is 1. The zero-order chi connectivity index (χ0) is 20.5. The van der Waals surface area contributed by atoms with Crippen LogP contribution in [0, 0.1) is 12.8 Å². The van der Waals surface area contributed by atoms with E-state index in [1.807, 2.05) is 36.6 Å². The van der Waals surface area contributed by atoms with Gasteiger partial charge in [0.2, 0.25) is 0 Å². The van der Waals surface area contributed by atoms with Gasteiger partial charge in [-0.1, -0.05) is 26.0 Å². The Hall–Kier alpha value is -2.16. The summed E-state index contributed by atoms with van der Waals surface area (Å²) < 4.78 is 5.73. The van der Waals surface area contributed by atoms with Crippen LogP contribution in [0.25, 0.3) is 0 Å². The molecule has 8 heteroatoms. The minimum Gasteiger partial charge on any atom is -0.487 e. The molecular weight excluding hydrogens is 378 g/mol. The SMILES string of the molecule is Cc1nc(COc2ccc(C[C@H](NC(=O)O)[C@@H](O)CNCC(C)C)cc2)cs1. The van der Waals surface area contributed by atoms with E-state index in [1.165, 1.54) is 0 Å². The van der Waals surface area contributed by atoms with Gasteiger partial charge in [0.1, 0.15) is 12.4 Å². The Morgan fingerprint density at radius 1 is 1.25 bits per heavy atom. The Labute approximate surface area is 169 Å². The highest BCUT2D eigenvalue weighted by molar-refractivity contribution is 7.09. The van der Waals surface area contributed by atoms with Crippen molar-refractivity contribution in [1.82, 2.24) is 15.6 Å². The fraction of sp³-hybridized carbons (Fsp3) is 0.500. The normalized spacial score (nSPS) is 13.3. The van der Waals surface area contributed by atoms with Crippen LogP contribution in [0.1, 0.15) is 30.1 Å². The number of rotatable bonds is 11. The molecule has 4 N–H and O–H groups in total. The van der Waals surface area contributed by atoms with Gasteiger partial charge < -0.3 is 25.6 Å². The molecule has 1 amide bonds. The Kier molecular flexibility index (Phi) is 8.69. The van der Waals surface area contributed by atoms with Crippen LogP contribution in [0.2, 0.25) is 0 Å². The van der Waals surface area contributed by atoms with E-state index in [4.69, 9.17) is 9.84 Å². The molecular formula is C20H29N3O4S. The second-order valence-electron chi connectivity index (χ2n) is 7.17. The van der Waals surface area contributed by atoms with Gasteiger partial charge in [0, 0.05) is 11.9 Å². The van der Waals surface area contributed by atoms with E-state index < -0.39 is 18.2 Å². The minimum absolute atomic E-state index is 0.331. The van der Waals surface area contributed by atoms with Gasteiger partial charge >= 0.3 is 6.09 Å². The summed E-state index contributed by atoms with van der Waals surface area (Å²) in [6, 6.07) is 6.85. The number of hydrogen-bond acceptors (Lipinski definition) is 6. The fourth-order valence-corrected chi connectivity index (χ4v) is 3.31. The lowest BCUT2D eigenvalue weighted by Crippen LogP contribution is -2.48. The van der Waals surface area contributed by atoms with Crippen molar-refractivity contribution in [2.45, 2.75) is 45.9 Å². The lowest BCUT2D eigenvalue weighted by molar-refractivity contribution is 0.117. The molecule has 1 aromatic carbocycles. The summed E-state index contributed by atoms with van der Waals surface area (Å²) in [4.78, 5) is 15.5. The molecule has 0 saturated heterocycles. The highest BCUT2D eigenvalue weighted by atomic mass is 32.1. The molecule has 2 rings (SSSR count). The molecule has 2 atom stereocenters. The third kappa shape index (κ3) is 7.84. The summed E-state index contributed by atoms with van der Waals surface area (Å²) in [5.74, 6) is 1.18. The van der Waals surface area contributed by atoms with Crippen LogP contribution in [-0.4, -0.2) is 46.5 Å². The maximum Gasteiger partial charge on any atom is 0.404 e. The molecule has 1 heterocycles. The molecule has 154 valence electrons.